The van der Waals surface area contributed by atoms with Crippen LogP contribution in [0.5, 0.6) is 0 Å². The average Bonchev–Trinajstić information content (AvgIpc) is 2.69. The molecule has 150 valence electrons. The van der Waals surface area contributed by atoms with E-state index >= 15 is 0 Å². The van der Waals surface area contributed by atoms with Gasteiger partial charge in [-0.3, -0.25) is 4.79 Å². The van der Waals surface area contributed by atoms with E-state index in [1.54, 1.807) is 4.90 Å². The van der Waals surface area contributed by atoms with Crippen LogP contribution in [0.3, 0.4) is 0 Å². The van der Waals surface area contributed by atoms with Gasteiger partial charge in [-0.2, -0.15) is 0 Å². The maximum atomic E-state index is 12.6. The van der Waals surface area contributed by atoms with E-state index in [-0.39, 0.29) is 24.3 Å². The highest BCUT2D eigenvalue weighted by molar-refractivity contribution is 5.85. The minimum absolute atomic E-state index is 0. The molecule has 1 aliphatic carbocycles. The average molecular weight is 395 g/mol. The molecule has 2 fully saturated rings. The topological polar surface area (TPSA) is 78.7 Å². The standard InChI is InChI=1S/C20H30N4O2.ClH/c21-18(15-16-7-3-1-4-8-16)19(25)23-11-13-24(14-12-23)20(26)22-17-9-5-2-6-10-17;/h1,3-4,7-8,17-18H,2,5-6,9-15,21H2,(H,22,26);1H/t18-;/m0./s1. The molecule has 27 heavy (non-hydrogen) atoms. The molecule has 3 rings (SSSR count). The molecule has 0 bridgehead atoms. The van der Waals surface area contributed by atoms with E-state index < -0.39 is 6.04 Å². The van der Waals surface area contributed by atoms with E-state index in [0.717, 1.165) is 18.4 Å². The first-order chi connectivity index (χ1) is 12.6. The maximum Gasteiger partial charge on any atom is 0.317 e. The molecule has 0 unspecified atom stereocenters. The smallest absolute Gasteiger partial charge is 0.317 e. The highest BCUT2D eigenvalue weighted by Crippen LogP contribution is 2.18. The zero-order valence-corrected chi connectivity index (χ0v) is 16.6. The van der Waals surface area contributed by atoms with Crippen LogP contribution in [0.15, 0.2) is 30.3 Å². The summed E-state index contributed by atoms with van der Waals surface area (Å²) in [5.41, 5.74) is 7.18. The molecule has 7 heteroatoms. The Morgan fingerprint density at radius 3 is 2.22 bits per heavy atom. The Bertz CT molecular complexity index is 599. The third-order valence-electron chi connectivity index (χ3n) is 5.43. The first kappa shape index (κ1) is 21.5. The maximum absolute atomic E-state index is 12.6. The van der Waals surface area contributed by atoms with E-state index in [0.29, 0.717) is 38.6 Å². The molecule has 1 saturated heterocycles. The number of carbonyl (C=O) groups excluding carboxylic acids is 2. The van der Waals surface area contributed by atoms with Crippen LogP contribution in [0.25, 0.3) is 0 Å². The molecule has 3 N–H and O–H groups in total. The largest absolute Gasteiger partial charge is 0.338 e. The van der Waals surface area contributed by atoms with Gasteiger partial charge in [0.2, 0.25) is 5.91 Å². The summed E-state index contributed by atoms with van der Waals surface area (Å²) in [6, 6.07) is 9.63. The summed E-state index contributed by atoms with van der Waals surface area (Å²) >= 11 is 0. The van der Waals surface area contributed by atoms with Gasteiger partial charge in [-0.1, -0.05) is 49.6 Å². The fraction of sp³-hybridized carbons (Fsp3) is 0.600. The van der Waals surface area contributed by atoms with Crippen LogP contribution in [0.4, 0.5) is 4.79 Å². The molecule has 0 radical (unpaired) electrons. The number of amides is 3. The van der Waals surface area contributed by atoms with Crippen molar-refractivity contribution in [2.24, 2.45) is 5.73 Å². The van der Waals surface area contributed by atoms with Gasteiger partial charge < -0.3 is 20.9 Å². The number of hydrogen-bond donors (Lipinski definition) is 2. The summed E-state index contributed by atoms with van der Waals surface area (Å²) in [7, 11) is 0. The molecule has 1 saturated carbocycles. The lowest BCUT2D eigenvalue weighted by atomic mass is 9.96. The number of benzene rings is 1. The number of carbonyl (C=O) groups is 2. The number of nitrogens with zero attached hydrogens (tertiary/aromatic N) is 2. The van der Waals surface area contributed by atoms with E-state index in [2.05, 4.69) is 5.32 Å². The predicted molar refractivity (Wildman–Crippen MR) is 109 cm³/mol. The molecule has 1 aromatic rings. The highest BCUT2D eigenvalue weighted by atomic mass is 35.5. The Kier molecular flexibility index (Phi) is 8.38. The van der Waals surface area contributed by atoms with E-state index in [1.807, 2.05) is 35.2 Å². The van der Waals surface area contributed by atoms with Crippen molar-refractivity contribution in [2.75, 3.05) is 26.2 Å². The van der Waals surface area contributed by atoms with E-state index in [1.165, 1.54) is 19.3 Å². The highest BCUT2D eigenvalue weighted by Gasteiger charge is 2.28. The second-order valence-corrected chi connectivity index (χ2v) is 7.39. The Hall–Kier alpha value is -1.79. The minimum Gasteiger partial charge on any atom is -0.338 e. The number of nitrogens with one attached hydrogen (secondary N) is 1. The normalized spacial score (nSPS) is 19.1. The Balaban J connectivity index is 0.00000261. The number of hydrogen-bond acceptors (Lipinski definition) is 3. The number of piperazine rings is 1. The molecule has 1 heterocycles. The lowest BCUT2D eigenvalue weighted by Gasteiger charge is -2.37. The monoisotopic (exact) mass is 394 g/mol. The van der Waals surface area contributed by atoms with Gasteiger partial charge in [-0.15, -0.1) is 12.4 Å². The Labute approximate surface area is 167 Å². The van der Waals surface area contributed by atoms with Gasteiger partial charge in [0.05, 0.1) is 6.04 Å². The first-order valence-electron chi connectivity index (χ1n) is 9.77. The van der Waals surface area contributed by atoms with Crippen LogP contribution < -0.4 is 11.1 Å². The van der Waals surface area contributed by atoms with Crippen LogP contribution in [-0.4, -0.2) is 60.0 Å². The van der Waals surface area contributed by atoms with Crippen LogP contribution in [0.2, 0.25) is 0 Å². The van der Waals surface area contributed by atoms with E-state index in [9.17, 15) is 9.59 Å². The lowest BCUT2D eigenvalue weighted by molar-refractivity contribution is -0.134. The quantitative estimate of drug-likeness (QED) is 0.821. The molecular formula is C20H31ClN4O2. The van der Waals surface area contributed by atoms with Gasteiger partial charge in [0.15, 0.2) is 0 Å². The summed E-state index contributed by atoms with van der Waals surface area (Å²) in [4.78, 5) is 28.6. The lowest BCUT2D eigenvalue weighted by Crippen LogP contribution is -2.57. The SMILES string of the molecule is Cl.N[C@@H](Cc1ccccc1)C(=O)N1CCN(C(=O)NC2CCCCC2)CC1. The van der Waals surface area contributed by atoms with Gasteiger partial charge in [0.25, 0.3) is 0 Å². The zero-order chi connectivity index (χ0) is 18.4. The summed E-state index contributed by atoms with van der Waals surface area (Å²) in [5, 5.41) is 3.15. The molecule has 0 aromatic heterocycles. The van der Waals surface area contributed by atoms with Gasteiger partial charge in [0.1, 0.15) is 0 Å². The number of rotatable bonds is 4. The van der Waals surface area contributed by atoms with Crippen molar-refractivity contribution < 1.29 is 9.59 Å². The molecule has 1 aromatic carbocycles. The zero-order valence-electron chi connectivity index (χ0n) is 15.8. The number of nitrogens with two attached hydrogens (primary N) is 1. The molecule has 6 nitrogen and oxygen atoms in total. The van der Waals surface area contributed by atoms with Gasteiger partial charge in [-0.05, 0) is 24.8 Å². The summed E-state index contributed by atoms with van der Waals surface area (Å²) in [5.74, 6) is -0.0267. The van der Waals surface area contributed by atoms with Crippen molar-refractivity contribution in [3.05, 3.63) is 35.9 Å². The van der Waals surface area contributed by atoms with Crippen molar-refractivity contribution in [2.45, 2.75) is 50.6 Å². The van der Waals surface area contributed by atoms with Crippen molar-refractivity contribution >= 4 is 24.3 Å². The van der Waals surface area contributed by atoms with Gasteiger partial charge >= 0.3 is 6.03 Å². The van der Waals surface area contributed by atoms with Gasteiger partial charge in [-0.25, -0.2) is 4.79 Å². The van der Waals surface area contributed by atoms with Crippen LogP contribution in [0, 0.1) is 0 Å². The van der Waals surface area contributed by atoms with Crippen molar-refractivity contribution in [1.82, 2.24) is 15.1 Å². The molecule has 0 spiro atoms. The third-order valence-corrected chi connectivity index (χ3v) is 5.43. The van der Waals surface area contributed by atoms with E-state index in [4.69, 9.17) is 5.73 Å². The molecular weight excluding hydrogens is 364 g/mol. The fourth-order valence-electron chi connectivity index (χ4n) is 3.83. The second-order valence-electron chi connectivity index (χ2n) is 7.39. The second kappa shape index (κ2) is 10.5. The number of urea groups is 1. The summed E-state index contributed by atoms with van der Waals surface area (Å²) in [6.07, 6.45) is 6.38. The fourth-order valence-corrected chi connectivity index (χ4v) is 3.83. The first-order valence-corrected chi connectivity index (χ1v) is 9.77. The minimum atomic E-state index is -0.528. The van der Waals surface area contributed by atoms with Crippen molar-refractivity contribution in [1.29, 1.82) is 0 Å². The molecule has 1 aliphatic heterocycles. The van der Waals surface area contributed by atoms with Crippen LogP contribution >= 0.6 is 12.4 Å². The third kappa shape index (κ3) is 6.11. The van der Waals surface area contributed by atoms with Crippen LogP contribution in [-0.2, 0) is 11.2 Å². The molecule has 2 aliphatic rings. The van der Waals surface area contributed by atoms with Crippen molar-refractivity contribution in [3.63, 3.8) is 0 Å². The summed E-state index contributed by atoms with van der Waals surface area (Å²) < 4.78 is 0. The summed E-state index contributed by atoms with van der Waals surface area (Å²) in [6.45, 7) is 2.25. The molecule has 1 atom stereocenters. The predicted octanol–water partition coefficient (Wildman–Crippen LogP) is 2.16. The Morgan fingerprint density at radius 1 is 1.00 bits per heavy atom. The Morgan fingerprint density at radius 2 is 1.59 bits per heavy atom. The van der Waals surface area contributed by atoms with Crippen molar-refractivity contribution in [3.8, 4) is 0 Å². The van der Waals surface area contributed by atoms with Crippen LogP contribution in [0.1, 0.15) is 37.7 Å². The van der Waals surface area contributed by atoms with Gasteiger partial charge in [0, 0.05) is 32.2 Å². The molecule has 3 amide bonds. The number of halogens is 1.